The van der Waals surface area contributed by atoms with Crippen molar-refractivity contribution in [1.82, 2.24) is 14.5 Å². The lowest BCUT2D eigenvalue weighted by atomic mass is 9.99. The summed E-state index contributed by atoms with van der Waals surface area (Å²) < 4.78 is 3.10. The van der Waals surface area contributed by atoms with Crippen molar-refractivity contribution in [2.24, 2.45) is 0 Å². The van der Waals surface area contributed by atoms with E-state index in [1.54, 1.807) is 18.3 Å². The van der Waals surface area contributed by atoms with Gasteiger partial charge in [0.15, 0.2) is 5.65 Å². The molecular weight excluding hydrogens is 442 g/mol. The maximum absolute atomic E-state index is 11.5. The van der Waals surface area contributed by atoms with Crippen molar-refractivity contribution in [3.05, 3.63) is 82.2 Å². The van der Waals surface area contributed by atoms with Crippen LogP contribution in [-0.2, 0) is 13.0 Å². The third-order valence-electron chi connectivity index (χ3n) is 5.15. The zero-order chi connectivity index (χ0) is 21.1. The molecule has 2 aromatic heterocycles. The van der Waals surface area contributed by atoms with Gasteiger partial charge in [0.25, 0.3) is 0 Å². The number of carbonyl (C=O) groups is 1. The number of hydrogen-bond donors (Lipinski definition) is 1. The summed E-state index contributed by atoms with van der Waals surface area (Å²) in [5.41, 5.74) is 4.81. The molecule has 6 heteroatoms. The number of pyridine rings is 1. The number of hydrogen-bond acceptors (Lipinski definition) is 3. The number of halogens is 1. The molecule has 0 fully saturated rings. The Morgan fingerprint density at radius 1 is 1.13 bits per heavy atom. The molecule has 4 aromatic rings. The predicted molar refractivity (Wildman–Crippen MR) is 122 cm³/mol. The van der Waals surface area contributed by atoms with Crippen LogP contribution in [-0.4, -0.2) is 25.6 Å². The Balaban J connectivity index is 1.67. The molecule has 0 aliphatic rings. The molecule has 1 N–H and O–H groups in total. The van der Waals surface area contributed by atoms with Crippen molar-refractivity contribution in [1.29, 1.82) is 0 Å². The highest BCUT2D eigenvalue weighted by atomic mass is 79.9. The first-order valence-corrected chi connectivity index (χ1v) is 10.8. The van der Waals surface area contributed by atoms with E-state index in [0.29, 0.717) is 12.1 Å². The second kappa shape index (κ2) is 8.79. The molecule has 2 aromatic carbocycles. The van der Waals surface area contributed by atoms with E-state index in [2.05, 4.69) is 32.4 Å². The van der Waals surface area contributed by atoms with Gasteiger partial charge < -0.3 is 9.67 Å². The number of rotatable bonds is 7. The third-order valence-corrected chi connectivity index (χ3v) is 5.58. The summed E-state index contributed by atoms with van der Waals surface area (Å²) in [6, 6.07) is 17.1. The second-order valence-corrected chi connectivity index (χ2v) is 8.18. The maximum atomic E-state index is 11.5. The topological polar surface area (TPSA) is 68.0 Å². The van der Waals surface area contributed by atoms with Crippen LogP contribution in [0.3, 0.4) is 0 Å². The third kappa shape index (κ3) is 4.14. The molecule has 0 bridgehead atoms. The molecule has 0 spiro atoms. The zero-order valence-corrected chi connectivity index (χ0v) is 18.3. The van der Waals surface area contributed by atoms with Gasteiger partial charge in [0.1, 0.15) is 11.3 Å². The Morgan fingerprint density at radius 2 is 1.90 bits per heavy atom. The maximum Gasteiger partial charge on any atom is 0.336 e. The molecule has 0 saturated carbocycles. The minimum Gasteiger partial charge on any atom is -0.478 e. The summed E-state index contributed by atoms with van der Waals surface area (Å²) in [5, 5.41) is 9.45. The average Bonchev–Trinajstić information content (AvgIpc) is 3.09. The summed E-state index contributed by atoms with van der Waals surface area (Å²) >= 11 is 3.48. The van der Waals surface area contributed by atoms with Crippen molar-refractivity contribution in [2.45, 2.75) is 32.7 Å². The lowest BCUT2D eigenvalue weighted by Crippen LogP contribution is -2.06. The zero-order valence-electron chi connectivity index (χ0n) is 16.7. The summed E-state index contributed by atoms with van der Waals surface area (Å²) in [5.74, 6) is 0.120. The highest BCUT2D eigenvalue weighted by Gasteiger charge is 2.14. The fourth-order valence-corrected chi connectivity index (χ4v) is 3.94. The smallest absolute Gasteiger partial charge is 0.336 e. The fraction of sp³-hybridized carbons (Fsp3) is 0.208. The molecule has 0 aliphatic heterocycles. The summed E-state index contributed by atoms with van der Waals surface area (Å²) in [7, 11) is 0. The van der Waals surface area contributed by atoms with Crippen molar-refractivity contribution in [2.75, 3.05) is 0 Å². The lowest BCUT2D eigenvalue weighted by molar-refractivity contribution is 0.0697. The molecular formula is C24H22BrN3O2. The van der Waals surface area contributed by atoms with Gasteiger partial charge in [-0.3, -0.25) is 0 Å². The number of aromatic nitrogens is 3. The van der Waals surface area contributed by atoms with Crippen LogP contribution in [0.5, 0.6) is 0 Å². The van der Waals surface area contributed by atoms with Gasteiger partial charge in [-0.2, -0.15) is 0 Å². The minimum atomic E-state index is -0.919. The molecule has 0 amide bonds. The van der Waals surface area contributed by atoms with E-state index in [1.165, 1.54) is 0 Å². The normalized spacial score (nSPS) is 11.1. The molecule has 4 rings (SSSR count). The van der Waals surface area contributed by atoms with E-state index in [1.807, 2.05) is 42.5 Å². The molecule has 152 valence electrons. The van der Waals surface area contributed by atoms with Gasteiger partial charge in [-0.15, -0.1) is 0 Å². The lowest BCUT2D eigenvalue weighted by Gasteiger charge is -2.11. The van der Waals surface area contributed by atoms with Crippen molar-refractivity contribution >= 4 is 33.1 Å². The van der Waals surface area contributed by atoms with Crippen molar-refractivity contribution < 1.29 is 9.90 Å². The van der Waals surface area contributed by atoms with E-state index < -0.39 is 5.97 Å². The first-order valence-electron chi connectivity index (χ1n) is 9.99. The van der Waals surface area contributed by atoms with Crippen molar-refractivity contribution in [3.63, 3.8) is 0 Å². The Kier molecular flexibility index (Phi) is 5.95. The fourth-order valence-electron chi connectivity index (χ4n) is 3.62. The number of aryl methyl sites for hydroxylation is 1. The van der Waals surface area contributed by atoms with Crippen LogP contribution in [0.1, 0.15) is 41.5 Å². The summed E-state index contributed by atoms with van der Waals surface area (Å²) in [4.78, 5) is 20.9. The quantitative estimate of drug-likeness (QED) is 0.367. The molecule has 30 heavy (non-hydrogen) atoms. The Labute approximate surface area is 183 Å². The molecule has 5 nitrogen and oxygen atoms in total. The van der Waals surface area contributed by atoms with Crippen LogP contribution in [0.4, 0.5) is 0 Å². The number of nitrogens with zero attached hydrogens (tertiary/aromatic N) is 3. The molecule has 0 radical (unpaired) electrons. The predicted octanol–water partition coefficient (Wildman–Crippen LogP) is 5.95. The number of fused-ring (bicyclic) bond motifs is 1. The Hall–Kier alpha value is -2.99. The van der Waals surface area contributed by atoms with Crippen LogP contribution in [0.25, 0.3) is 22.3 Å². The Morgan fingerprint density at radius 3 is 2.63 bits per heavy atom. The van der Waals surface area contributed by atoms with E-state index >= 15 is 0 Å². The van der Waals surface area contributed by atoms with E-state index in [9.17, 15) is 9.90 Å². The van der Waals surface area contributed by atoms with E-state index in [0.717, 1.165) is 57.4 Å². The molecule has 0 atom stereocenters. The van der Waals surface area contributed by atoms with Crippen LogP contribution in [0, 0.1) is 0 Å². The molecule has 0 unspecified atom stereocenters. The number of carboxylic acids is 1. The van der Waals surface area contributed by atoms with Gasteiger partial charge in [-0.25, -0.2) is 14.8 Å². The van der Waals surface area contributed by atoms with Gasteiger partial charge in [0.2, 0.25) is 0 Å². The molecule has 0 aliphatic carbocycles. The summed E-state index contributed by atoms with van der Waals surface area (Å²) in [6.07, 6.45) is 4.90. The Bertz CT molecular complexity index is 1200. The van der Waals surface area contributed by atoms with Crippen molar-refractivity contribution in [3.8, 4) is 11.1 Å². The largest absolute Gasteiger partial charge is 0.478 e. The first-order chi connectivity index (χ1) is 14.6. The van der Waals surface area contributed by atoms with Crippen LogP contribution >= 0.6 is 15.9 Å². The van der Waals surface area contributed by atoms with E-state index in [4.69, 9.17) is 4.98 Å². The standard InChI is InChI=1S/C24H22BrN3O2/c1-2-3-8-22-27-21-13-18(25)14-26-23(21)28(22)15-16-9-11-17(12-10-16)19-6-4-5-7-20(19)24(29)30/h4-7,9-14H,2-3,8,15H2,1H3,(H,29,30). The van der Waals surface area contributed by atoms with Gasteiger partial charge in [-0.05, 0) is 51.2 Å². The van der Waals surface area contributed by atoms with Crippen LogP contribution in [0.15, 0.2) is 65.3 Å². The van der Waals surface area contributed by atoms with Crippen LogP contribution < -0.4 is 0 Å². The number of benzene rings is 2. The van der Waals surface area contributed by atoms with E-state index in [-0.39, 0.29) is 0 Å². The highest BCUT2D eigenvalue weighted by Crippen LogP contribution is 2.25. The van der Waals surface area contributed by atoms with Gasteiger partial charge in [0, 0.05) is 17.1 Å². The highest BCUT2D eigenvalue weighted by molar-refractivity contribution is 9.10. The SMILES string of the molecule is CCCCc1nc2cc(Br)cnc2n1Cc1ccc(-c2ccccc2C(=O)O)cc1. The number of aromatic carboxylic acids is 1. The van der Waals surface area contributed by atoms with Crippen LogP contribution in [0.2, 0.25) is 0 Å². The number of carboxylic acid groups (broad SMARTS) is 1. The number of imidazole rings is 1. The summed E-state index contributed by atoms with van der Waals surface area (Å²) in [6.45, 7) is 2.85. The molecule has 2 heterocycles. The monoisotopic (exact) mass is 463 g/mol. The van der Waals surface area contributed by atoms with Gasteiger partial charge >= 0.3 is 5.97 Å². The second-order valence-electron chi connectivity index (χ2n) is 7.26. The average molecular weight is 464 g/mol. The first kappa shape index (κ1) is 20.3. The minimum absolute atomic E-state index is 0.308. The van der Waals surface area contributed by atoms with Gasteiger partial charge in [0.05, 0.1) is 12.1 Å². The van der Waals surface area contributed by atoms with Gasteiger partial charge in [-0.1, -0.05) is 55.8 Å². The number of unbranched alkanes of at least 4 members (excludes halogenated alkanes) is 1. The molecule has 0 saturated heterocycles.